The van der Waals surface area contributed by atoms with Gasteiger partial charge in [-0.3, -0.25) is 24.7 Å². The van der Waals surface area contributed by atoms with Crippen molar-refractivity contribution in [2.75, 3.05) is 6.54 Å². The van der Waals surface area contributed by atoms with Crippen molar-refractivity contribution in [3.8, 4) is 0 Å². The number of guanidine groups is 1. The maximum atomic E-state index is 11.2. The van der Waals surface area contributed by atoms with Gasteiger partial charge in [0.25, 0.3) is 0 Å². The first kappa shape index (κ1) is 16.8. The van der Waals surface area contributed by atoms with E-state index in [2.05, 4.69) is 10.3 Å². The molecule has 0 saturated carbocycles. The SMILES string of the molecule is NC(=NCCC[C@@H](N)C(=O)O)NC(=O)CCC(=O)O. The summed E-state index contributed by atoms with van der Waals surface area (Å²) >= 11 is 0. The van der Waals surface area contributed by atoms with Crippen LogP contribution in [0, 0.1) is 0 Å². The molecule has 1 amide bonds. The molecule has 0 heterocycles. The van der Waals surface area contributed by atoms with Crippen molar-refractivity contribution in [1.82, 2.24) is 5.32 Å². The van der Waals surface area contributed by atoms with Gasteiger partial charge in [-0.1, -0.05) is 0 Å². The number of carboxylic acids is 2. The third-order valence-corrected chi connectivity index (χ3v) is 2.11. The number of hydrogen-bond donors (Lipinski definition) is 5. The van der Waals surface area contributed by atoms with Crippen molar-refractivity contribution in [3.05, 3.63) is 0 Å². The van der Waals surface area contributed by atoms with Crippen LogP contribution in [-0.2, 0) is 14.4 Å². The van der Waals surface area contributed by atoms with Gasteiger partial charge in [-0.05, 0) is 12.8 Å². The lowest BCUT2D eigenvalue weighted by atomic mass is 10.2. The highest BCUT2D eigenvalue weighted by molar-refractivity contribution is 5.96. The van der Waals surface area contributed by atoms with E-state index in [4.69, 9.17) is 21.7 Å². The molecule has 9 nitrogen and oxygen atoms in total. The first-order valence-corrected chi connectivity index (χ1v) is 5.63. The van der Waals surface area contributed by atoms with Crippen molar-refractivity contribution in [1.29, 1.82) is 0 Å². The largest absolute Gasteiger partial charge is 0.481 e. The molecule has 0 bridgehead atoms. The fourth-order valence-electron chi connectivity index (χ4n) is 1.10. The summed E-state index contributed by atoms with van der Waals surface area (Å²) in [5.74, 6) is -2.82. The molecule has 0 aliphatic heterocycles. The van der Waals surface area contributed by atoms with Crippen LogP contribution in [0.4, 0.5) is 0 Å². The highest BCUT2D eigenvalue weighted by Gasteiger charge is 2.10. The van der Waals surface area contributed by atoms with E-state index in [0.29, 0.717) is 6.42 Å². The van der Waals surface area contributed by atoms with Crippen LogP contribution in [0.15, 0.2) is 4.99 Å². The maximum Gasteiger partial charge on any atom is 0.320 e. The minimum atomic E-state index is -1.08. The molecule has 0 rings (SSSR count). The fourth-order valence-corrected chi connectivity index (χ4v) is 1.10. The Labute approximate surface area is 109 Å². The summed E-state index contributed by atoms with van der Waals surface area (Å²) in [7, 11) is 0. The third kappa shape index (κ3) is 9.53. The summed E-state index contributed by atoms with van der Waals surface area (Å²) in [5.41, 5.74) is 10.7. The van der Waals surface area contributed by atoms with Crippen LogP contribution < -0.4 is 16.8 Å². The summed E-state index contributed by atoms with van der Waals surface area (Å²) in [4.78, 5) is 35.6. The minimum Gasteiger partial charge on any atom is -0.481 e. The predicted octanol–water partition coefficient (Wildman–Crippen LogP) is -1.53. The lowest BCUT2D eigenvalue weighted by molar-refractivity contribution is -0.139. The average Bonchev–Trinajstić information content (AvgIpc) is 2.31. The molecule has 9 heteroatoms. The first-order valence-electron chi connectivity index (χ1n) is 5.63. The molecule has 0 fully saturated rings. The Balaban J connectivity index is 3.85. The first-order chi connectivity index (χ1) is 8.82. The van der Waals surface area contributed by atoms with Gasteiger partial charge in [0.1, 0.15) is 6.04 Å². The quantitative estimate of drug-likeness (QED) is 0.203. The summed E-state index contributed by atoms with van der Waals surface area (Å²) in [5, 5.41) is 19.1. The number of rotatable bonds is 8. The molecular weight excluding hydrogens is 256 g/mol. The van der Waals surface area contributed by atoms with Crippen molar-refractivity contribution >= 4 is 23.8 Å². The van der Waals surface area contributed by atoms with Gasteiger partial charge in [0, 0.05) is 13.0 Å². The Morgan fingerprint density at radius 2 is 1.84 bits per heavy atom. The molecule has 0 spiro atoms. The van der Waals surface area contributed by atoms with E-state index >= 15 is 0 Å². The topological polar surface area (TPSA) is 168 Å². The zero-order chi connectivity index (χ0) is 14.8. The lowest BCUT2D eigenvalue weighted by Gasteiger charge is -2.05. The van der Waals surface area contributed by atoms with Gasteiger partial charge in [-0.25, -0.2) is 0 Å². The Morgan fingerprint density at radius 1 is 1.21 bits per heavy atom. The second kappa shape index (κ2) is 8.86. The molecule has 1 atom stereocenters. The average molecular weight is 274 g/mol. The van der Waals surface area contributed by atoms with Crippen LogP contribution in [-0.4, -0.2) is 46.6 Å². The maximum absolute atomic E-state index is 11.2. The Morgan fingerprint density at radius 3 is 2.37 bits per heavy atom. The molecular formula is C10H18N4O5. The van der Waals surface area contributed by atoms with Gasteiger partial charge in [0.2, 0.25) is 5.91 Å². The van der Waals surface area contributed by atoms with E-state index in [1.807, 2.05) is 0 Å². The summed E-state index contributed by atoms with van der Waals surface area (Å²) < 4.78 is 0. The molecule has 0 aromatic carbocycles. The highest BCUT2D eigenvalue weighted by atomic mass is 16.4. The highest BCUT2D eigenvalue weighted by Crippen LogP contribution is 1.95. The number of carboxylic acid groups (broad SMARTS) is 2. The van der Waals surface area contributed by atoms with Crippen molar-refractivity contribution in [3.63, 3.8) is 0 Å². The van der Waals surface area contributed by atoms with E-state index in [-0.39, 0.29) is 31.8 Å². The van der Waals surface area contributed by atoms with Crippen molar-refractivity contribution in [2.24, 2.45) is 16.5 Å². The number of aliphatic carboxylic acids is 2. The molecule has 0 aromatic heterocycles. The normalized spacial score (nSPS) is 12.8. The number of carbonyl (C=O) groups excluding carboxylic acids is 1. The summed E-state index contributed by atoms with van der Waals surface area (Å²) in [6.07, 6.45) is 0.195. The molecule has 0 aliphatic rings. The Hall–Kier alpha value is -2.16. The van der Waals surface area contributed by atoms with E-state index in [0.717, 1.165) is 0 Å². The van der Waals surface area contributed by atoms with Crippen LogP contribution in [0.1, 0.15) is 25.7 Å². The zero-order valence-corrected chi connectivity index (χ0v) is 10.3. The molecule has 7 N–H and O–H groups in total. The van der Waals surface area contributed by atoms with Crippen molar-refractivity contribution < 1.29 is 24.6 Å². The number of amides is 1. The van der Waals surface area contributed by atoms with Crippen LogP contribution in [0.25, 0.3) is 0 Å². The molecule has 0 saturated heterocycles. The second-order valence-electron chi connectivity index (χ2n) is 3.80. The van der Waals surface area contributed by atoms with E-state index in [9.17, 15) is 14.4 Å². The van der Waals surface area contributed by atoms with Gasteiger partial charge in [0.15, 0.2) is 5.96 Å². The predicted molar refractivity (Wildman–Crippen MR) is 66.3 cm³/mol. The van der Waals surface area contributed by atoms with Gasteiger partial charge in [-0.2, -0.15) is 0 Å². The second-order valence-corrected chi connectivity index (χ2v) is 3.80. The van der Waals surface area contributed by atoms with Crippen LogP contribution >= 0.6 is 0 Å². The monoisotopic (exact) mass is 274 g/mol. The number of nitrogens with one attached hydrogen (secondary N) is 1. The molecule has 0 aromatic rings. The molecule has 108 valence electrons. The van der Waals surface area contributed by atoms with Gasteiger partial charge < -0.3 is 21.7 Å². The summed E-state index contributed by atoms with van der Waals surface area (Å²) in [6.45, 7) is 0.228. The minimum absolute atomic E-state index is 0.126. The third-order valence-electron chi connectivity index (χ3n) is 2.11. The van der Waals surface area contributed by atoms with E-state index < -0.39 is 23.9 Å². The standard InChI is InChI=1S/C10H18N4O5/c11-6(9(18)19)2-1-5-13-10(12)14-7(15)3-4-8(16)17/h6H,1-5,11H2,(H,16,17)(H,18,19)(H3,12,13,14,15)/t6-/m1/s1. The molecule has 0 unspecified atom stereocenters. The number of hydrogen-bond acceptors (Lipinski definition) is 5. The molecule has 0 radical (unpaired) electrons. The van der Waals surface area contributed by atoms with E-state index in [1.165, 1.54) is 0 Å². The molecule has 19 heavy (non-hydrogen) atoms. The van der Waals surface area contributed by atoms with Crippen molar-refractivity contribution in [2.45, 2.75) is 31.7 Å². The van der Waals surface area contributed by atoms with Gasteiger partial charge in [0.05, 0.1) is 6.42 Å². The number of nitrogens with zero attached hydrogens (tertiary/aromatic N) is 1. The number of nitrogens with two attached hydrogens (primary N) is 2. The van der Waals surface area contributed by atoms with Crippen LogP contribution in [0.2, 0.25) is 0 Å². The smallest absolute Gasteiger partial charge is 0.320 e. The summed E-state index contributed by atoms with van der Waals surface area (Å²) in [6, 6.07) is -0.943. The Kier molecular flexibility index (Phi) is 7.85. The number of carbonyl (C=O) groups is 3. The fraction of sp³-hybridized carbons (Fsp3) is 0.600. The van der Waals surface area contributed by atoms with Gasteiger partial charge >= 0.3 is 11.9 Å². The number of aliphatic imine (C=N–C) groups is 1. The zero-order valence-electron chi connectivity index (χ0n) is 10.3. The van der Waals surface area contributed by atoms with Gasteiger partial charge in [-0.15, -0.1) is 0 Å². The lowest BCUT2D eigenvalue weighted by Crippen LogP contribution is -2.37. The van der Waals surface area contributed by atoms with E-state index in [1.54, 1.807) is 0 Å². The van der Waals surface area contributed by atoms with Crippen LogP contribution in [0.3, 0.4) is 0 Å². The molecule has 0 aliphatic carbocycles. The van der Waals surface area contributed by atoms with Crippen LogP contribution in [0.5, 0.6) is 0 Å². The Bertz CT molecular complexity index is 369.